The summed E-state index contributed by atoms with van der Waals surface area (Å²) in [5.74, 6) is 0. The van der Waals surface area contributed by atoms with Gasteiger partial charge in [-0.2, -0.15) is 0 Å². The Bertz CT molecular complexity index is 165. The van der Waals surface area contributed by atoms with E-state index in [1.54, 1.807) is 6.20 Å². The molecule has 1 rings (SSSR count). The number of pyridine rings is 1. The van der Waals surface area contributed by atoms with Crippen molar-refractivity contribution in [1.82, 2.24) is 4.98 Å². The Balaban J connectivity index is 0. The maximum atomic E-state index is 3.94. The van der Waals surface area contributed by atoms with Gasteiger partial charge in [0, 0.05) is 20.4 Å². The van der Waals surface area contributed by atoms with Gasteiger partial charge in [-0.1, -0.05) is 13.8 Å². The number of anilines is 1. The summed E-state index contributed by atoms with van der Waals surface area (Å²) in [6, 6.07) is 3.91. The second kappa shape index (κ2) is 7.06. The van der Waals surface area contributed by atoms with Gasteiger partial charge in [-0.05, 0) is 19.1 Å². The van der Waals surface area contributed by atoms with Gasteiger partial charge in [0.15, 0.2) is 0 Å². The lowest BCUT2D eigenvalue weighted by Crippen LogP contribution is -1.95. The van der Waals surface area contributed by atoms with Crippen LogP contribution in [0.4, 0.5) is 5.69 Å². The lowest BCUT2D eigenvalue weighted by Gasteiger charge is -1.98. The first kappa shape index (κ1) is 9.95. The van der Waals surface area contributed by atoms with Crippen molar-refractivity contribution >= 4 is 5.69 Å². The zero-order valence-corrected chi connectivity index (χ0v) is 7.46. The van der Waals surface area contributed by atoms with Crippen molar-refractivity contribution in [3.8, 4) is 0 Å². The Morgan fingerprint density at radius 1 is 1.55 bits per heavy atom. The predicted molar refractivity (Wildman–Crippen MR) is 51.9 cm³/mol. The molecule has 2 nitrogen and oxygen atoms in total. The molecule has 0 unspecified atom stereocenters. The third kappa shape index (κ3) is 4.37. The van der Waals surface area contributed by atoms with Crippen molar-refractivity contribution in [1.29, 1.82) is 0 Å². The Labute approximate surface area is 70.2 Å². The molecule has 1 aromatic heterocycles. The summed E-state index contributed by atoms with van der Waals surface area (Å²) in [5, 5.41) is 3.14. The van der Waals surface area contributed by atoms with Gasteiger partial charge in [-0.3, -0.25) is 4.98 Å². The second-order valence-corrected chi connectivity index (χ2v) is 1.77. The molecular formula is C9H18N2. The van der Waals surface area contributed by atoms with E-state index in [1.165, 1.54) is 0 Å². The summed E-state index contributed by atoms with van der Waals surface area (Å²) in [7, 11) is 0. The quantitative estimate of drug-likeness (QED) is 0.708. The highest BCUT2D eigenvalue weighted by molar-refractivity contribution is 5.39. The van der Waals surface area contributed by atoms with Crippen LogP contribution in [0.2, 0.25) is 0 Å². The average Bonchev–Trinajstić information content (AvgIpc) is 2.11. The summed E-state index contributed by atoms with van der Waals surface area (Å²) in [5.41, 5.74) is 1.08. The molecule has 0 radical (unpaired) electrons. The fourth-order valence-electron chi connectivity index (χ4n) is 0.671. The van der Waals surface area contributed by atoms with Crippen LogP contribution in [0.3, 0.4) is 0 Å². The monoisotopic (exact) mass is 154 g/mol. The number of rotatable bonds is 2. The van der Waals surface area contributed by atoms with Gasteiger partial charge in [0.05, 0.1) is 5.69 Å². The van der Waals surface area contributed by atoms with Crippen molar-refractivity contribution in [3.05, 3.63) is 24.5 Å². The van der Waals surface area contributed by atoms with Crippen molar-refractivity contribution in [2.24, 2.45) is 0 Å². The maximum absolute atomic E-state index is 3.94. The first-order chi connectivity index (χ1) is 5.43. The van der Waals surface area contributed by atoms with Gasteiger partial charge >= 0.3 is 0 Å². The molecule has 0 atom stereocenters. The molecule has 0 aliphatic heterocycles. The average molecular weight is 154 g/mol. The molecule has 0 aliphatic rings. The molecular weight excluding hydrogens is 136 g/mol. The first-order valence-electron chi connectivity index (χ1n) is 4.07. The summed E-state index contributed by atoms with van der Waals surface area (Å²) < 4.78 is 0. The Kier molecular flexibility index (Phi) is 6.39. The molecule has 0 amide bonds. The van der Waals surface area contributed by atoms with E-state index in [4.69, 9.17) is 0 Å². The van der Waals surface area contributed by atoms with Crippen LogP contribution in [0.5, 0.6) is 0 Å². The molecule has 1 heterocycles. The third-order valence-electron chi connectivity index (χ3n) is 1.04. The van der Waals surface area contributed by atoms with Gasteiger partial charge in [0.25, 0.3) is 0 Å². The van der Waals surface area contributed by atoms with E-state index in [-0.39, 0.29) is 1.43 Å². The molecule has 0 bridgehead atoms. The Morgan fingerprint density at radius 2 is 2.27 bits per heavy atom. The van der Waals surface area contributed by atoms with Crippen LogP contribution in [0, 0.1) is 0 Å². The lowest BCUT2D eigenvalue weighted by molar-refractivity contribution is 1.19. The molecule has 0 spiro atoms. The number of nitrogens with one attached hydrogen (secondary N) is 1. The minimum absolute atomic E-state index is 0. The van der Waals surface area contributed by atoms with E-state index in [0.29, 0.717) is 0 Å². The van der Waals surface area contributed by atoms with Crippen molar-refractivity contribution in [3.63, 3.8) is 0 Å². The van der Waals surface area contributed by atoms with Crippen molar-refractivity contribution < 1.29 is 1.43 Å². The lowest BCUT2D eigenvalue weighted by atomic mass is 10.4. The minimum atomic E-state index is 0. The maximum Gasteiger partial charge on any atom is 0.0526 e. The van der Waals surface area contributed by atoms with Crippen LogP contribution in [0.1, 0.15) is 22.2 Å². The first-order valence-corrected chi connectivity index (χ1v) is 4.07. The minimum Gasteiger partial charge on any atom is -0.384 e. The third-order valence-corrected chi connectivity index (χ3v) is 1.04. The number of nitrogens with zero attached hydrogens (tertiary/aromatic N) is 1. The van der Waals surface area contributed by atoms with Crippen LogP contribution in [0.15, 0.2) is 24.5 Å². The predicted octanol–water partition coefficient (Wildman–Crippen LogP) is 2.79. The van der Waals surface area contributed by atoms with E-state index >= 15 is 0 Å². The molecule has 0 saturated carbocycles. The largest absolute Gasteiger partial charge is 0.384 e. The van der Waals surface area contributed by atoms with Crippen LogP contribution in [-0.2, 0) is 0 Å². The van der Waals surface area contributed by atoms with Crippen molar-refractivity contribution in [2.45, 2.75) is 20.8 Å². The smallest absolute Gasteiger partial charge is 0.0526 e. The Morgan fingerprint density at radius 3 is 2.73 bits per heavy atom. The standard InChI is InChI=1S/C7H10N2.C2H6.H2/c1-2-9-7-4-3-5-8-6-7;1-2;/h3-6,9H,2H2,1H3;1-2H3;1H. The van der Waals surface area contributed by atoms with Crippen LogP contribution >= 0.6 is 0 Å². The summed E-state index contributed by atoms with van der Waals surface area (Å²) in [6.07, 6.45) is 3.57. The molecule has 0 aliphatic carbocycles. The van der Waals surface area contributed by atoms with Crippen LogP contribution in [0.25, 0.3) is 0 Å². The molecule has 0 aromatic carbocycles. The highest BCUT2D eigenvalue weighted by Gasteiger charge is 1.82. The number of hydrogen-bond acceptors (Lipinski definition) is 2. The highest BCUT2D eigenvalue weighted by atomic mass is 14.9. The van der Waals surface area contributed by atoms with Gasteiger partial charge in [-0.25, -0.2) is 0 Å². The SMILES string of the molecule is CC.CCNc1cccnc1.[HH]. The Hall–Kier alpha value is -1.05. The second-order valence-electron chi connectivity index (χ2n) is 1.77. The molecule has 1 aromatic rings. The van der Waals surface area contributed by atoms with Gasteiger partial charge in [0.1, 0.15) is 0 Å². The van der Waals surface area contributed by atoms with Crippen LogP contribution < -0.4 is 5.32 Å². The number of hydrogen-bond donors (Lipinski definition) is 1. The van der Waals surface area contributed by atoms with Gasteiger partial charge < -0.3 is 5.32 Å². The van der Waals surface area contributed by atoms with E-state index in [1.807, 2.05) is 32.2 Å². The summed E-state index contributed by atoms with van der Waals surface area (Å²) in [6.45, 7) is 7.01. The molecule has 2 heteroatoms. The van der Waals surface area contributed by atoms with Crippen molar-refractivity contribution in [2.75, 3.05) is 11.9 Å². The zero-order chi connectivity index (χ0) is 8.53. The van der Waals surface area contributed by atoms with E-state index < -0.39 is 0 Å². The van der Waals surface area contributed by atoms with E-state index in [2.05, 4.69) is 17.2 Å². The molecule has 1 N–H and O–H groups in total. The van der Waals surface area contributed by atoms with Gasteiger partial charge in [0.2, 0.25) is 0 Å². The van der Waals surface area contributed by atoms with E-state index in [0.717, 1.165) is 12.2 Å². The normalized spacial score (nSPS) is 7.91. The molecule has 0 fully saturated rings. The highest BCUT2D eigenvalue weighted by Crippen LogP contribution is 2.00. The number of aromatic nitrogens is 1. The fourth-order valence-corrected chi connectivity index (χ4v) is 0.671. The van der Waals surface area contributed by atoms with E-state index in [9.17, 15) is 0 Å². The van der Waals surface area contributed by atoms with Gasteiger partial charge in [-0.15, -0.1) is 0 Å². The topological polar surface area (TPSA) is 24.9 Å². The molecule has 11 heavy (non-hydrogen) atoms. The van der Waals surface area contributed by atoms with Crippen LogP contribution in [-0.4, -0.2) is 11.5 Å². The summed E-state index contributed by atoms with van der Waals surface area (Å²) in [4.78, 5) is 3.94. The molecule has 64 valence electrons. The fraction of sp³-hybridized carbons (Fsp3) is 0.444. The zero-order valence-electron chi connectivity index (χ0n) is 7.46. The summed E-state index contributed by atoms with van der Waals surface area (Å²) >= 11 is 0. The molecule has 0 saturated heterocycles.